The molecule has 0 saturated carbocycles. The van der Waals surface area contributed by atoms with Crippen LogP contribution in [0.3, 0.4) is 0 Å². The molecule has 5 heteroatoms. The SMILES string of the molecule is Cc1nc2cc(N(C)CC3CCOCC3)c(N)cc2s1. The first-order valence-electron chi connectivity index (χ1n) is 7.09. The van der Waals surface area contributed by atoms with Crippen molar-refractivity contribution in [3.05, 3.63) is 17.1 Å². The Morgan fingerprint density at radius 2 is 2.15 bits per heavy atom. The van der Waals surface area contributed by atoms with E-state index in [1.807, 2.05) is 6.92 Å². The summed E-state index contributed by atoms with van der Waals surface area (Å²) in [5.41, 5.74) is 9.20. The molecule has 1 saturated heterocycles. The molecular weight excluding hydrogens is 270 g/mol. The van der Waals surface area contributed by atoms with Crippen LogP contribution in [-0.2, 0) is 4.74 Å². The van der Waals surface area contributed by atoms with Gasteiger partial charge in [-0.1, -0.05) is 0 Å². The van der Waals surface area contributed by atoms with Crippen LogP contribution in [0.25, 0.3) is 10.2 Å². The van der Waals surface area contributed by atoms with Crippen molar-refractivity contribution < 1.29 is 4.74 Å². The van der Waals surface area contributed by atoms with E-state index in [0.717, 1.165) is 54.5 Å². The summed E-state index contributed by atoms with van der Waals surface area (Å²) in [4.78, 5) is 6.82. The number of ether oxygens (including phenoxy) is 1. The number of hydrogen-bond acceptors (Lipinski definition) is 5. The molecule has 1 aliphatic rings. The fraction of sp³-hybridized carbons (Fsp3) is 0.533. The van der Waals surface area contributed by atoms with Gasteiger partial charge < -0.3 is 15.4 Å². The Balaban J connectivity index is 1.82. The predicted molar refractivity (Wildman–Crippen MR) is 85.6 cm³/mol. The zero-order valence-corrected chi connectivity index (χ0v) is 12.9. The lowest BCUT2D eigenvalue weighted by molar-refractivity contribution is 0.0685. The number of aromatic nitrogens is 1. The van der Waals surface area contributed by atoms with Crippen molar-refractivity contribution in [1.29, 1.82) is 0 Å². The van der Waals surface area contributed by atoms with Crippen LogP contribution in [0.2, 0.25) is 0 Å². The summed E-state index contributed by atoms with van der Waals surface area (Å²) < 4.78 is 6.59. The number of benzene rings is 1. The van der Waals surface area contributed by atoms with E-state index in [4.69, 9.17) is 10.5 Å². The van der Waals surface area contributed by atoms with E-state index in [-0.39, 0.29) is 0 Å². The summed E-state index contributed by atoms with van der Waals surface area (Å²) in [5, 5.41) is 1.09. The fourth-order valence-electron chi connectivity index (χ4n) is 2.84. The molecule has 2 N–H and O–H groups in total. The highest BCUT2D eigenvalue weighted by atomic mass is 32.1. The molecule has 4 nitrogen and oxygen atoms in total. The minimum Gasteiger partial charge on any atom is -0.397 e. The first-order valence-corrected chi connectivity index (χ1v) is 7.90. The maximum absolute atomic E-state index is 6.21. The molecule has 3 rings (SSSR count). The molecule has 0 unspecified atom stereocenters. The molecule has 1 aromatic carbocycles. The van der Waals surface area contributed by atoms with Crippen molar-refractivity contribution in [1.82, 2.24) is 4.98 Å². The number of anilines is 2. The van der Waals surface area contributed by atoms with Crippen molar-refractivity contribution in [3.63, 3.8) is 0 Å². The minimum absolute atomic E-state index is 0.695. The van der Waals surface area contributed by atoms with Gasteiger partial charge in [0.15, 0.2) is 0 Å². The largest absolute Gasteiger partial charge is 0.397 e. The highest BCUT2D eigenvalue weighted by Crippen LogP contribution is 2.32. The van der Waals surface area contributed by atoms with Crippen LogP contribution in [0.4, 0.5) is 11.4 Å². The minimum atomic E-state index is 0.695. The smallest absolute Gasteiger partial charge is 0.0907 e. The molecule has 1 aliphatic heterocycles. The molecule has 0 aliphatic carbocycles. The predicted octanol–water partition coefficient (Wildman–Crippen LogP) is 3.05. The lowest BCUT2D eigenvalue weighted by atomic mass is 9.99. The van der Waals surface area contributed by atoms with Crippen molar-refractivity contribution in [2.45, 2.75) is 19.8 Å². The van der Waals surface area contributed by atoms with Crippen LogP contribution in [0.5, 0.6) is 0 Å². The molecule has 108 valence electrons. The fourth-order valence-corrected chi connectivity index (χ4v) is 3.70. The quantitative estimate of drug-likeness (QED) is 0.883. The zero-order valence-electron chi connectivity index (χ0n) is 12.1. The van der Waals surface area contributed by atoms with Crippen molar-refractivity contribution in [3.8, 4) is 0 Å². The Hall–Kier alpha value is -1.33. The first-order chi connectivity index (χ1) is 9.63. The normalized spacial score (nSPS) is 16.7. The van der Waals surface area contributed by atoms with E-state index in [2.05, 4.69) is 29.1 Å². The van der Waals surface area contributed by atoms with Crippen LogP contribution in [0.15, 0.2) is 12.1 Å². The topological polar surface area (TPSA) is 51.4 Å². The highest BCUT2D eigenvalue weighted by Gasteiger charge is 2.17. The van der Waals surface area contributed by atoms with E-state index in [9.17, 15) is 0 Å². The van der Waals surface area contributed by atoms with Crippen molar-refractivity contribution in [2.75, 3.05) is 37.4 Å². The van der Waals surface area contributed by atoms with Gasteiger partial charge in [-0.25, -0.2) is 4.98 Å². The molecule has 0 amide bonds. The summed E-state index contributed by atoms with van der Waals surface area (Å²) >= 11 is 1.70. The average Bonchev–Trinajstić information content (AvgIpc) is 2.78. The van der Waals surface area contributed by atoms with Gasteiger partial charge in [-0.15, -0.1) is 11.3 Å². The van der Waals surface area contributed by atoms with E-state index in [1.165, 1.54) is 4.70 Å². The number of fused-ring (bicyclic) bond motifs is 1. The highest BCUT2D eigenvalue weighted by molar-refractivity contribution is 7.18. The van der Waals surface area contributed by atoms with Crippen molar-refractivity contribution in [2.24, 2.45) is 5.92 Å². The van der Waals surface area contributed by atoms with E-state index in [0.29, 0.717) is 5.92 Å². The van der Waals surface area contributed by atoms with E-state index >= 15 is 0 Å². The van der Waals surface area contributed by atoms with Crippen LogP contribution in [-0.4, -0.2) is 31.8 Å². The molecule has 0 spiro atoms. The number of nitrogen functional groups attached to an aromatic ring is 1. The van der Waals surface area contributed by atoms with Gasteiger partial charge in [-0.05, 0) is 37.8 Å². The molecule has 0 atom stereocenters. The lowest BCUT2D eigenvalue weighted by Crippen LogP contribution is -2.29. The second-order valence-electron chi connectivity index (χ2n) is 5.55. The summed E-state index contributed by atoms with van der Waals surface area (Å²) in [6.45, 7) is 4.84. The number of aryl methyl sites for hydroxylation is 1. The third-order valence-electron chi connectivity index (χ3n) is 3.93. The molecule has 0 radical (unpaired) electrons. The molecular formula is C15H21N3OS. The standard InChI is InChI=1S/C15H21N3OS/c1-10-17-13-8-14(12(16)7-15(13)20-10)18(2)9-11-3-5-19-6-4-11/h7-8,11H,3-6,9,16H2,1-2H3. The Labute approximate surface area is 123 Å². The van der Waals surface area contributed by atoms with Gasteiger partial charge in [0.25, 0.3) is 0 Å². The van der Waals surface area contributed by atoms with Crippen LogP contribution in [0.1, 0.15) is 17.8 Å². The molecule has 1 fully saturated rings. The Morgan fingerprint density at radius 3 is 2.90 bits per heavy atom. The van der Waals surface area contributed by atoms with Gasteiger partial charge in [0.1, 0.15) is 0 Å². The van der Waals surface area contributed by atoms with E-state index < -0.39 is 0 Å². The Kier molecular flexibility index (Phi) is 3.81. The van der Waals surface area contributed by atoms with E-state index in [1.54, 1.807) is 11.3 Å². The van der Waals surface area contributed by atoms with Gasteiger partial charge in [-0.2, -0.15) is 0 Å². The maximum atomic E-state index is 6.21. The van der Waals surface area contributed by atoms with Gasteiger partial charge in [0.05, 0.1) is 26.6 Å². The van der Waals surface area contributed by atoms with Crippen LogP contribution >= 0.6 is 11.3 Å². The average molecular weight is 291 g/mol. The Morgan fingerprint density at radius 1 is 1.40 bits per heavy atom. The van der Waals surface area contributed by atoms with Crippen LogP contribution in [0, 0.1) is 12.8 Å². The van der Waals surface area contributed by atoms with Gasteiger partial charge in [0, 0.05) is 26.8 Å². The van der Waals surface area contributed by atoms with Crippen LogP contribution < -0.4 is 10.6 Å². The molecule has 2 aromatic rings. The first kappa shape index (κ1) is 13.6. The summed E-state index contributed by atoms with van der Waals surface area (Å²) in [7, 11) is 2.12. The monoisotopic (exact) mass is 291 g/mol. The zero-order chi connectivity index (χ0) is 14.1. The lowest BCUT2D eigenvalue weighted by Gasteiger charge is -2.29. The molecule has 20 heavy (non-hydrogen) atoms. The van der Waals surface area contributed by atoms with Gasteiger partial charge in [0.2, 0.25) is 0 Å². The second kappa shape index (κ2) is 5.58. The Bertz CT molecular complexity index is 604. The second-order valence-corrected chi connectivity index (χ2v) is 6.78. The summed E-state index contributed by atoms with van der Waals surface area (Å²) in [6, 6.07) is 4.17. The number of thiazole rings is 1. The number of nitrogens with two attached hydrogens (primary N) is 1. The third kappa shape index (κ3) is 2.74. The number of hydrogen-bond donors (Lipinski definition) is 1. The summed E-state index contributed by atoms with van der Waals surface area (Å²) in [5.74, 6) is 0.695. The summed E-state index contributed by atoms with van der Waals surface area (Å²) in [6.07, 6.45) is 2.28. The van der Waals surface area contributed by atoms with Gasteiger partial charge in [-0.3, -0.25) is 0 Å². The molecule has 2 heterocycles. The third-order valence-corrected chi connectivity index (χ3v) is 4.86. The number of rotatable bonds is 3. The van der Waals surface area contributed by atoms with Gasteiger partial charge >= 0.3 is 0 Å². The molecule has 0 bridgehead atoms. The number of nitrogens with zero attached hydrogens (tertiary/aromatic N) is 2. The van der Waals surface area contributed by atoms with Crippen molar-refractivity contribution >= 4 is 32.9 Å². The maximum Gasteiger partial charge on any atom is 0.0907 e. The molecule has 1 aromatic heterocycles.